The number of fused-ring (bicyclic) bond motifs is 1. The lowest BCUT2D eigenvalue weighted by atomic mass is 10.1. The highest BCUT2D eigenvalue weighted by Gasteiger charge is 2.14. The summed E-state index contributed by atoms with van der Waals surface area (Å²) in [7, 11) is 2.02. The van der Waals surface area contributed by atoms with Gasteiger partial charge in [-0.05, 0) is 32.2 Å². The van der Waals surface area contributed by atoms with Gasteiger partial charge < -0.3 is 20.3 Å². The number of carboxylic acids is 1. The molecule has 1 heterocycles. The molecule has 0 bridgehead atoms. The molecule has 2 aromatic rings. The zero-order valence-corrected chi connectivity index (χ0v) is 14.8. The van der Waals surface area contributed by atoms with Crippen LogP contribution in [0.4, 0.5) is 0 Å². The van der Waals surface area contributed by atoms with Crippen LogP contribution in [-0.2, 0) is 6.54 Å². The monoisotopic (exact) mass is 349 g/mol. The van der Waals surface area contributed by atoms with Gasteiger partial charge in [0.05, 0.1) is 5.52 Å². The Morgan fingerprint density at radius 1 is 1.38 bits per heavy atom. The average molecular weight is 349 g/mol. The zero-order valence-electron chi connectivity index (χ0n) is 14.0. The lowest BCUT2D eigenvalue weighted by Gasteiger charge is -2.15. The number of hydrogen-bond acceptors (Lipinski definition) is 5. The first kappa shape index (κ1) is 18.5. The number of thioether (sulfide) groups is 1. The molecule has 24 heavy (non-hydrogen) atoms. The molecule has 6 nitrogen and oxygen atoms in total. The van der Waals surface area contributed by atoms with Crippen molar-refractivity contribution in [1.29, 1.82) is 0 Å². The second kappa shape index (κ2) is 8.32. The van der Waals surface area contributed by atoms with E-state index in [1.54, 1.807) is 22.4 Å². The third kappa shape index (κ3) is 4.17. The molecule has 0 aliphatic carbocycles. The third-order valence-corrected chi connectivity index (χ3v) is 4.85. The van der Waals surface area contributed by atoms with Crippen LogP contribution >= 0.6 is 11.8 Å². The van der Waals surface area contributed by atoms with Crippen molar-refractivity contribution in [3.8, 4) is 0 Å². The Kier molecular flexibility index (Phi) is 6.42. The number of aromatic nitrogens is 1. The minimum Gasteiger partial charge on any atom is -0.477 e. The van der Waals surface area contributed by atoms with E-state index in [-0.39, 0.29) is 5.56 Å². The summed E-state index contributed by atoms with van der Waals surface area (Å²) in [5, 5.41) is 9.69. The van der Waals surface area contributed by atoms with Gasteiger partial charge in [0.25, 0.3) is 0 Å². The van der Waals surface area contributed by atoms with Crippen LogP contribution in [0.3, 0.4) is 0 Å². The number of aryl methyl sites for hydroxylation is 1. The molecule has 0 spiro atoms. The SMILES string of the molecule is CCn1cc(C(=O)O)c(=O)c2cc(SCCN(C)CCN)ccc21. The maximum atomic E-state index is 12.4. The molecule has 0 aliphatic heterocycles. The highest BCUT2D eigenvalue weighted by atomic mass is 32.2. The molecule has 0 saturated heterocycles. The molecule has 0 saturated carbocycles. The number of likely N-dealkylation sites (N-methyl/N-ethyl adjacent to an activating group) is 1. The van der Waals surface area contributed by atoms with E-state index in [1.807, 2.05) is 26.1 Å². The summed E-state index contributed by atoms with van der Waals surface area (Å²) in [5.74, 6) is -0.312. The van der Waals surface area contributed by atoms with Gasteiger partial charge >= 0.3 is 5.97 Å². The van der Waals surface area contributed by atoms with Gasteiger partial charge in [-0.25, -0.2) is 4.79 Å². The highest BCUT2D eigenvalue weighted by Crippen LogP contribution is 2.22. The summed E-state index contributed by atoms with van der Waals surface area (Å²) >= 11 is 1.65. The van der Waals surface area contributed by atoms with Gasteiger partial charge in [-0.1, -0.05) is 0 Å². The summed E-state index contributed by atoms with van der Waals surface area (Å²) in [6, 6.07) is 5.66. The normalized spacial score (nSPS) is 11.3. The average Bonchev–Trinajstić information content (AvgIpc) is 2.55. The van der Waals surface area contributed by atoms with Crippen LogP contribution in [0.25, 0.3) is 10.9 Å². The maximum Gasteiger partial charge on any atom is 0.341 e. The van der Waals surface area contributed by atoms with Crippen molar-refractivity contribution in [2.75, 3.05) is 32.4 Å². The maximum absolute atomic E-state index is 12.4. The number of aromatic carboxylic acids is 1. The summed E-state index contributed by atoms with van der Waals surface area (Å²) in [6.45, 7) is 4.90. The van der Waals surface area contributed by atoms with Crippen molar-refractivity contribution in [3.63, 3.8) is 0 Å². The number of carboxylic acid groups (broad SMARTS) is 1. The van der Waals surface area contributed by atoms with E-state index in [0.717, 1.165) is 29.3 Å². The number of hydrogen-bond donors (Lipinski definition) is 2. The minimum atomic E-state index is -1.19. The standard InChI is InChI=1S/C17H23N3O3S/c1-3-20-11-14(17(22)23)16(21)13-10-12(4-5-15(13)20)24-9-8-19(2)7-6-18/h4-5,10-11H,3,6-9,18H2,1-2H3,(H,22,23). The number of nitrogens with two attached hydrogens (primary N) is 1. The Labute approximate surface area is 145 Å². The molecular weight excluding hydrogens is 326 g/mol. The number of benzene rings is 1. The van der Waals surface area contributed by atoms with Gasteiger partial charge in [-0.2, -0.15) is 0 Å². The number of rotatable bonds is 8. The van der Waals surface area contributed by atoms with Crippen molar-refractivity contribution in [3.05, 3.63) is 40.2 Å². The Morgan fingerprint density at radius 2 is 2.12 bits per heavy atom. The van der Waals surface area contributed by atoms with Gasteiger partial charge in [-0.15, -0.1) is 11.8 Å². The molecule has 0 fully saturated rings. The van der Waals surface area contributed by atoms with E-state index < -0.39 is 11.4 Å². The van der Waals surface area contributed by atoms with Gasteiger partial charge in [0, 0.05) is 48.4 Å². The molecular formula is C17H23N3O3S. The number of pyridine rings is 1. The zero-order chi connectivity index (χ0) is 17.7. The first-order valence-corrected chi connectivity index (χ1v) is 8.88. The van der Waals surface area contributed by atoms with E-state index in [4.69, 9.17) is 5.73 Å². The van der Waals surface area contributed by atoms with E-state index >= 15 is 0 Å². The highest BCUT2D eigenvalue weighted by molar-refractivity contribution is 7.99. The fraction of sp³-hybridized carbons (Fsp3) is 0.412. The van der Waals surface area contributed by atoms with Crippen LogP contribution < -0.4 is 11.2 Å². The molecule has 1 aromatic heterocycles. The van der Waals surface area contributed by atoms with E-state index in [0.29, 0.717) is 18.5 Å². The van der Waals surface area contributed by atoms with E-state index in [1.165, 1.54) is 6.20 Å². The molecule has 7 heteroatoms. The largest absolute Gasteiger partial charge is 0.477 e. The van der Waals surface area contributed by atoms with E-state index in [9.17, 15) is 14.7 Å². The quantitative estimate of drug-likeness (QED) is 0.705. The van der Waals surface area contributed by atoms with Crippen LogP contribution in [0.2, 0.25) is 0 Å². The van der Waals surface area contributed by atoms with Crippen molar-refractivity contribution < 1.29 is 9.90 Å². The van der Waals surface area contributed by atoms with Gasteiger partial charge in [0.1, 0.15) is 5.56 Å². The van der Waals surface area contributed by atoms with Crippen LogP contribution in [-0.4, -0.2) is 53.0 Å². The van der Waals surface area contributed by atoms with Crippen LogP contribution in [0.5, 0.6) is 0 Å². The molecule has 130 valence electrons. The van der Waals surface area contributed by atoms with Gasteiger partial charge in [0.15, 0.2) is 0 Å². The summed E-state index contributed by atoms with van der Waals surface area (Å²) in [4.78, 5) is 26.8. The van der Waals surface area contributed by atoms with Gasteiger partial charge in [0.2, 0.25) is 5.43 Å². The second-order valence-electron chi connectivity index (χ2n) is 5.58. The van der Waals surface area contributed by atoms with Crippen molar-refractivity contribution in [2.24, 2.45) is 5.73 Å². The topological polar surface area (TPSA) is 88.6 Å². The Balaban J connectivity index is 2.30. The van der Waals surface area contributed by atoms with Crippen LogP contribution in [0.1, 0.15) is 17.3 Å². The Bertz CT molecular complexity index is 788. The fourth-order valence-electron chi connectivity index (χ4n) is 2.53. The minimum absolute atomic E-state index is 0.186. The Morgan fingerprint density at radius 3 is 2.75 bits per heavy atom. The first-order valence-electron chi connectivity index (χ1n) is 7.89. The molecule has 0 unspecified atom stereocenters. The molecule has 0 radical (unpaired) electrons. The molecule has 0 amide bonds. The van der Waals surface area contributed by atoms with Crippen molar-refractivity contribution >= 4 is 28.6 Å². The predicted molar refractivity (Wildman–Crippen MR) is 98.1 cm³/mol. The second-order valence-corrected chi connectivity index (χ2v) is 6.75. The molecule has 1 aromatic carbocycles. The van der Waals surface area contributed by atoms with Gasteiger partial charge in [-0.3, -0.25) is 4.79 Å². The number of nitrogens with zero attached hydrogens (tertiary/aromatic N) is 2. The van der Waals surface area contributed by atoms with Crippen molar-refractivity contribution in [1.82, 2.24) is 9.47 Å². The smallest absolute Gasteiger partial charge is 0.341 e. The molecule has 0 aliphatic rings. The number of carbonyl (C=O) groups is 1. The molecule has 0 atom stereocenters. The lowest BCUT2D eigenvalue weighted by Crippen LogP contribution is -2.27. The van der Waals surface area contributed by atoms with E-state index in [2.05, 4.69) is 4.90 Å². The Hall–Kier alpha value is -1.83. The summed E-state index contributed by atoms with van der Waals surface area (Å²) < 4.78 is 1.80. The van der Waals surface area contributed by atoms with Crippen LogP contribution in [0.15, 0.2) is 34.1 Å². The lowest BCUT2D eigenvalue weighted by molar-refractivity contribution is 0.0695. The summed E-state index contributed by atoms with van der Waals surface area (Å²) in [5.41, 5.74) is 5.67. The molecule has 3 N–H and O–H groups in total. The van der Waals surface area contributed by atoms with Crippen LogP contribution in [0, 0.1) is 0 Å². The first-order chi connectivity index (χ1) is 11.5. The fourth-order valence-corrected chi connectivity index (χ4v) is 3.54. The predicted octanol–water partition coefficient (Wildman–Crippen LogP) is 1.70. The third-order valence-electron chi connectivity index (χ3n) is 3.88. The molecule has 2 rings (SSSR count). The van der Waals surface area contributed by atoms with Crippen molar-refractivity contribution in [2.45, 2.75) is 18.4 Å². The summed E-state index contributed by atoms with van der Waals surface area (Å²) in [6.07, 6.45) is 1.42.